The van der Waals surface area contributed by atoms with Crippen molar-refractivity contribution in [3.05, 3.63) is 59.8 Å². The number of unbranched alkanes of at least 4 members (excludes halogenated alkanes) is 2. The second kappa shape index (κ2) is 11.9. The standard InChI is InChI=1S/C25H37FN2O.H3NS/c1-5-25(4,29)16-20-13-22(15-23(26)14-20)24(21-10-11-21)9-7-6-8-12-28-17-18(2)27-19(28)3;1-2/h13-15,21,24,27,29H,2-3,5-12,16-17H2,1,4H3;2H,1H2. The summed E-state index contributed by atoms with van der Waals surface area (Å²) in [4.78, 5) is 2.25. The summed E-state index contributed by atoms with van der Waals surface area (Å²) < 4.78 is 14.3. The Morgan fingerprint density at radius 2 is 1.97 bits per heavy atom. The van der Waals surface area contributed by atoms with E-state index in [1.54, 1.807) is 12.1 Å². The summed E-state index contributed by atoms with van der Waals surface area (Å²) in [6.45, 7) is 13.7. The van der Waals surface area contributed by atoms with Crippen LogP contribution in [0.5, 0.6) is 0 Å². The van der Waals surface area contributed by atoms with E-state index in [9.17, 15) is 9.50 Å². The van der Waals surface area contributed by atoms with Gasteiger partial charge in [0, 0.05) is 18.7 Å². The number of rotatable bonds is 11. The van der Waals surface area contributed by atoms with Gasteiger partial charge in [-0.2, -0.15) is 0 Å². The summed E-state index contributed by atoms with van der Waals surface area (Å²) in [5.41, 5.74) is 2.29. The van der Waals surface area contributed by atoms with E-state index >= 15 is 0 Å². The Morgan fingerprint density at radius 3 is 2.55 bits per heavy atom. The van der Waals surface area contributed by atoms with Gasteiger partial charge >= 0.3 is 0 Å². The van der Waals surface area contributed by atoms with Gasteiger partial charge in [-0.25, -0.2) is 4.39 Å². The lowest BCUT2D eigenvalue weighted by Gasteiger charge is -2.23. The molecule has 1 aromatic carbocycles. The van der Waals surface area contributed by atoms with Crippen LogP contribution in [0.15, 0.2) is 42.9 Å². The van der Waals surface area contributed by atoms with E-state index in [0.29, 0.717) is 24.7 Å². The highest BCUT2D eigenvalue weighted by atomic mass is 32.1. The molecule has 1 heterocycles. The molecule has 1 saturated heterocycles. The third-order valence-electron chi connectivity index (χ3n) is 6.47. The summed E-state index contributed by atoms with van der Waals surface area (Å²) in [7, 11) is 0. The van der Waals surface area contributed by atoms with Crippen LogP contribution in [0, 0.1) is 11.7 Å². The Labute approximate surface area is 193 Å². The fourth-order valence-electron chi connectivity index (χ4n) is 4.44. The van der Waals surface area contributed by atoms with E-state index in [2.05, 4.69) is 47.4 Å². The molecule has 2 atom stereocenters. The summed E-state index contributed by atoms with van der Waals surface area (Å²) in [6, 6.07) is 5.45. The van der Waals surface area contributed by atoms with E-state index in [1.807, 2.05) is 13.8 Å². The van der Waals surface area contributed by atoms with Gasteiger partial charge in [0.15, 0.2) is 0 Å². The first-order chi connectivity index (χ1) is 14.8. The molecular formula is C25H40FN3OS. The third kappa shape index (κ3) is 8.17. The molecule has 1 aliphatic heterocycles. The fraction of sp³-hybridized carbons (Fsp3) is 0.600. The number of benzene rings is 1. The number of halogens is 1. The van der Waals surface area contributed by atoms with Gasteiger partial charge in [0.1, 0.15) is 5.82 Å². The van der Waals surface area contributed by atoms with Gasteiger partial charge in [0.05, 0.1) is 18.0 Å². The van der Waals surface area contributed by atoms with Crippen molar-refractivity contribution >= 4 is 12.8 Å². The predicted molar refractivity (Wildman–Crippen MR) is 131 cm³/mol. The van der Waals surface area contributed by atoms with Crippen LogP contribution in [0.4, 0.5) is 4.39 Å². The van der Waals surface area contributed by atoms with Gasteiger partial charge < -0.3 is 15.3 Å². The van der Waals surface area contributed by atoms with Crippen molar-refractivity contribution in [3.63, 3.8) is 0 Å². The lowest BCUT2D eigenvalue weighted by atomic mass is 9.86. The topological polar surface area (TPSA) is 61.5 Å². The van der Waals surface area contributed by atoms with Crippen LogP contribution in [0.1, 0.15) is 75.8 Å². The largest absolute Gasteiger partial charge is 0.390 e. The minimum absolute atomic E-state index is 0.171. The Hall–Kier alpha value is -1.50. The molecule has 6 heteroatoms. The highest BCUT2D eigenvalue weighted by Gasteiger charge is 2.32. The monoisotopic (exact) mass is 449 g/mol. The predicted octanol–water partition coefficient (Wildman–Crippen LogP) is 5.26. The molecule has 4 N–H and O–H groups in total. The summed E-state index contributed by atoms with van der Waals surface area (Å²) >= 11 is 3.03. The van der Waals surface area contributed by atoms with Gasteiger partial charge in [-0.15, -0.1) is 12.8 Å². The Morgan fingerprint density at radius 1 is 1.26 bits per heavy atom. The molecule has 1 aliphatic carbocycles. The van der Waals surface area contributed by atoms with Crippen molar-refractivity contribution < 1.29 is 9.50 Å². The van der Waals surface area contributed by atoms with E-state index in [-0.39, 0.29) is 5.82 Å². The Kier molecular flexibility index (Phi) is 9.91. The molecule has 31 heavy (non-hydrogen) atoms. The van der Waals surface area contributed by atoms with Gasteiger partial charge in [0.25, 0.3) is 0 Å². The fourth-order valence-corrected chi connectivity index (χ4v) is 4.44. The number of nitrogens with one attached hydrogen (secondary N) is 1. The smallest absolute Gasteiger partial charge is 0.123 e. The summed E-state index contributed by atoms with van der Waals surface area (Å²) in [6.07, 6.45) is 8.26. The van der Waals surface area contributed by atoms with E-state index in [1.165, 1.54) is 19.3 Å². The van der Waals surface area contributed by atoms with Crippen molar-refractivity contribution in [2.24, 2.45) is 11.1 Å². The first kappa shape index (κ1) is 25.8. The number of nitrogens with two attached hydrogens (primary N) is 1. The molecule has 0 bridgehead atoms. The molecule has 0 spiro atoms. The number of aliphatic hydroxyl groups is 1. The van der Waals surface area contributed by atoms with Crippen molar-refractivity contribution in [2.75, 3.05) is 13.1 Å². The van der Waals surface area contributed by atoms with Gasteiger partial charge in [-0.1, -0.05) is 39.0 Å². The first-order valence-electron chi connectivity index (χ1n) is 11.4. The Balaban J connectivity index is 0.00000166. The van der Waals surface area contributed by atoms with Crippen molar-refractivity contribution in [1.82, 2.24) is 10.2 Å². The maximum Gasteiger partial charge on any atom is 0.123 e. The van der Waals surface area contributed by atoms with Crippen LogP contribution >= 0.6 is 12.8 Å². The van der Waals surface area contributed by atoms with E-state index < -0.39 is 5.60 Å². The van der Waals surface area contributed by atoms with E-state index in [4.69, 9.17) is 0 Å². The highest BCUT2D eigenvalue weighted by Crippen LogP contribution is 2.45. The molecule has 1 aromatic rings. The van der Waals surface area contributed by atoms with Crippen LogP contribution in [0.2, 0.25) is 0 Å². The lowest BCUT2D eigenvalue weighted by Crippen LogP contribution is -2.26. The minimum Gasteiger partial charge on any atom is -0.390 e. The number of nitrogens with zero attached hydrogens (tertiary/aromatic N) is 1. The second-order valence-electron chi connectivity index (χ2n) is 9.31. The van der Waals surface area contributed by atoms with Gasteiger partial charge in [-0.05, 0) is 74.1 Å². The average molecular weight is 450 g/mol. The van der Waals surface area contributed by atoms with Gasteiger partial charge in [0.2, 0.25) is 0 Å². The quantitative estimate of drug-likeness (QED) is 0.275. The SMILES string of the molecule is C=C1CN(CCCCCC(c2cc(F)cc(CC(C)(O)CC)c2)C2CC2)C(=C)N1.NS. The van der Waals surface area contributed by atoms with Crippen LogP contribution in [-0.2, 0) is 6.42 Å². The van der Waals surface area contributed by atoms with Gasteiger partial charge in [-0.3, -0.25) is 5.14 Å². The molecule has 0 radical (unpaired) electrons. The third-order valence-corrected chi connectivity index (χ3v) is 6.47. The van der Waals surface area contributed by atoms with Crippen molar-refractivity contribution in [1.29, 1.82) is 0 Å². The number of hydrogen-bond acceptors (Lipinski definition) is 5. The summed E-state index contributed by atoms with van der Waals surface area (Å²) in [5, 5.41) is 17.8. The molecule has 174 valence electrons. The average Bonchev–Trinajstić information content (AvgIpc) is 3.50. The maximum absolute atomic E-state index is 14.3. The first-order valence-corrected chi connectivity index (χ1v) is 12.0. The van der Waals surface area contributed by atoms with Crippen LogP contribution in [-0.4, -0.2) is 28.7 Å². The number of thiol groups is 1. The molecule has 2 aliphatic rings. The highest BCUT2D eigenvalue weighted by molar-refractivity contribution is 7.77. The van der Waals surface area contributed by atoms with Crippen molar-refractivity contribution in [2.45, 2.75) is 76.7 Å². The molecule has 2 unspecified atom stereocenters. The number of hydrogen-bond donors (Lipinski definition) is 4. The van der Waals surface area contributed by atoms with E-state index in [0.717, 1.165) is 55.0 Å². The lowest BCUT2D eigenvalue weighted by molar-refractivity contribution is 0.0564. The molecule has 2 fully saturated rings. The zero-order valence-electron chi connectivity index (χ0n) is 19.2. The second-order valence-corrected chi connectivity index (χ2v) is 9.31. The minimum atomic E-state index is -0.778. The van der Waals surface area contributed by atoms with Crippen LogP contribution in [0.25, 0.3) is 0 Å². The van der Waals surface area contributed by atoms with Crippen LogP contribution in [0.3, 0.4) is 0 Å². The molecular weight excluding hydrogens is 409 g/mol. The van der Waals surface area contributed by atoms with Crippen LogP contribution < -0.4 is 10.5 Å². The van der Waals surface area contributed by atoms with Crippen molar-refractivity contribution in [3.8, 4) is 0 Å². The molecule has 3 rings (SSSR count). The maximum atomic E-state index is 14.3. The molecule has 0 aromatic heterocycles. The molecule has 0 amide bonds. The zero-order valence-corrected chi connectivity index (χ0v) is 20.1. The summed E-state index contributed by atoms with van der Waals surface area (Å²) in [5.74, 6) is 1.93. The normalized spacial score (nSPS) is 18.8. The molecule has 1 saturated carbocycles. The zero-order chi connectivity index (χ0) is 23.0. The Bertz CT molecular complexity index is 748. The molecule has 4 nitrogen and oxygen atoms in total.